The van der Waals surface area contributed by atoms with Gasteiger partial charge in [-0.2, -0.15) is 8.42 Å². The minimum absolute atomic E-state index is 0.196. The highest BCUT2D eigenvalue weighted by molar-refractivity contribution is 7.85. The zero-order chi connectivity index (χ0) is 24.9. The minimum Gasteiger partial charge on any atom is -0.461 e. The van der Waals surface area contributed by atoms with Gasteiger partial charge in [0.05, 0.1) is 11.1 Å². The summed E-state index contributed by atoms with van der Waals surface area (Å²) < 4.78 is 41.4. The van der Waals surface area contributed by atoms with Crippen molar-refractivity contribution in [3.8, 4) is 5.75 Å². The first kappa shape index (κ1) is 25.6. The van der Waals surface area contributed by atoms with Gasteiger partial charge in [-0.1, -0.05) is 60.4 Å². The molecule has 0 aliphatic heterocycles. The second kappa shape index (κ2) is 10.9. The van der Waals surface area contributed by atoms with Crippen LogP contribution in [0.2, 0.25) is 0 Å². The van der Waals surface area contributed by atoms with Crippen LogP contribution in [0.5, 0.6) is 5.75 Å². The molecule has 0 heterocycles. The maximum atomic E-state index is 13.2. The van der Waals surface area contributed by atoms with Gasteiger partial charge in [-0.15, -0.1) is 0 Å². The third-order valence-corrected chi connectivity index (χ3v) is 6.33. The molecule has 0 unspecified atom stereocenters. The Morgan fingerprint density at radius 3 is 2.21 bits per heavy atom. The molecule has 0 radical (unpaired) electrons. The van der Waals surface area contributed by atoms with Crippen LogP contribution >= 0.6 is 0 Å². The summed E-state index contributed by atoms with van der Waals surface area (Å²) in [6, 6.07) is 13.9. The molecule has 0 aromatic heterocycles. The summed E-state index contributed by atoms with van der Waals surface area (Å²) in [4.78, 5) is 25.8. The van der Waals surface area contributed by atoms with E-state index in [4.69, 9.17) is 14.0 Å². The normalized spacial score (nSPS) is 11.3. The number of hydrogen-bond donors (Lipinski definition) is 1. The van der Waals surface area contributed by atoms with Crippen molar-refractivity contribution in [2.45, 2.75) is 19.0 Å². The van der Waals surface area contributed by atoms with Crippen LogP contribution in [0.1, 0.15) is 37.4 Å². The highest BCUT2D eigenvalue weighted by atomic mass is 32.2. The lowest BCUT2D eigenvalue weighted by Gasteiger charge is -2.16. The molecule has 7 nitrogen and oxygen atoms in total. The molecule has 0 saturated carbocycles. The SMILES string of the molecule is BCc1cc(CB)c(CB)c(C(=O)Oc2cccc3c(C(=O)OCCS(=O)(=O)O)cccc23)c1. The molecule has 0 amide bonds. The highest BCUT2D eigenvalue weighted by Gasteiger charge is 2.19. The van der Waals surface area contributed by atoms with Gasteiger partial charge < -0.3 is 9.47 Å². The largest absolute Gasteiger partial charge is 0.461 e. The van der Waals surface area contributed by atoms with Crippen LogP contribution in [0.15, 0.2) is 48.5 Å². The molecule has 1 N–H and O–H groups in total. The third kappa shape index (κ3) is 5.90. The van der Waals surface area contributed by atoms with Gasteiger partial charge in [0.1, 0.15) is 41.6 Å². The Balaban J connectivity index is 1.94. The van der Waals surface area contributed by atoms with E-state index in [0.717, 1.165) is 29.3 Å². The van der Waals surface area contributed by atoms with Crippen molar-refractivity contribution in [3.05, 3.63) is 76.3 Å². The average Bonchev–Trinajstić information content (AvgIpc) is 2.81. The number of carbonyl (C=O) groups excluding carboxylic acids is 2. The molecule has 0 atom stereocenters. The second-order valence-electron chi connectivity index (χ2n) is 7.81. The Morgan fingerprint density at radius 1 is 0.853 bits per heavy atom. The topological polar surface area (TPSA) is 107 Å². The molecule has 3 aromatic rings. The zero-order valence-electron chi connectivity index (χ0n) is 19.5. The van der Waals surface area contributed by atoms with Crippen LogP contribution in [0.3, 0.4) is 0 Å². The summed E-state index contributed by atoms with van der Waals surface area (Å²) in [5, 5.41) is 1.04. The molecular formula is C23H25B3O7S. The van der Waals surface area contributed by atoms with E-state index in [2.05, 4.69) is 13.9 Å². The number of esters is 2. The van der Waals surface area contributed by atoms with Crippen LogP contribution in [-0.4, -0.2) is 60.8 Å². The molecule has 0 bridgehead atoms. The lowest BCUT2D eigenvalue weighted by molar-refractivity contribution is 0.0530. The second-order valence-corrected chi connectivity index (χ2v) is 9.38. The van der Waals surface area contributed by atoms with E-state index in [1.54, 1.807) is 30.3 Å². The summed E-state index contributed by atoms with van der Waals surface area (Å²) in [7, 11) is 1.87. The fourth-order valence-corrected chi connectivity index (χ4v) is 4.23. The number of ether oxygens (including phenoxy) is 2. The maximum Gasteiger partial charge on any atom is 0.343 e. The van der Waals surface area contributed by atoms with Crippen LogP contribution < -0.4 is 4.74 Å². The standard InChI is InChI=1S/C23H25B3O7S/c24-11-14-9-15(12-25)20(13-26)19(10-14)23(28)33-21-6-2-3-16-17(21)4-1-5-18(16)22(27)32-7-8-34(29,30)31/h1-6,9-10H,7-8,11-13,24-26H2,(H,29,30,31). The van der Waals surface area contributed by atoms with E-state index >= 15 is 0 Å². The summed E-state index contributed by atoms with van der Waals surface area (Å²) in [6.45, 7) is -0.476. The van der Waals surface area contributed by atoms with Crippen molar-refractivity contribution in [2.75, 3.05) is 12.4 Å². The fourth-order valence-electron chi connectivity index (χ4n) is 3.94. The van der Waals surface area contributed by atoms with Gasteiger partial charge in [-0.3, -0.25) is 4.55 Å². The van der Waals surface area contributed by atoms with E-state index < -0.39 is 34.4 Å². The van der Waals surface area contributed by atoms with Gasteiger partial charge >= 0.3 is 11.9 Å². The third-order valence-electron chi connectivity index (χ3n) is 5.64. The van der Waals surface area contributed by atoms with E-state index in [1.165, 1.54) is 6.07 Å². The average molecular weight is 478 g/mol. The molecule has 0 aliphatic rings. The van der Waals surface area contributed by atoms with E-state index in [0.29, 0.717) is 28.4 Å². The zero-order valence-corrected chi connectivity index (χ0v) is 20.3. The summed E-state index contributed by atoms with van der Waals surface area (Å²) in [5.41, 5.74) is 3.89. The smallest absolute Gasteiger partial charge is 0.343 e. The number of carbonyl (C=O) groups is 2. The Hall–Kier alpha value is -3.04. The van der Waals surface area contributed by atoms with Crippen LogP contribution in [0, 0.1) is 0 Å². The van der Waals surface area contributed by atoms with E-state index in [-0.39, 0.29) is 5.56 Å². The summed E-state index contributed by atoms with van der Waals surface area (Å²) >= 11 is 0. The van der Waals surface area contributed by atoms with E-state index in [9.17, 15) is 18.0 Å². The van der Waals surface area contributed by atoms with Gasteiger partial charge in [0.15, 0.2) is 0 Å². The van der Waals surface area contributed by atoms with Crippen LogP contribution in [0.25, 0.3) is 10.8 Å². The lowest BCUT2D eigenvalue weighted by Crippen LogP contribution is -2.15. The first-order valence-electron chi connectivity index (χ1n) is 11.2. The minimum atomic E-state index is -4.24. The molecule has 0 spiro atoms. The van der Waals surface area contributed by atoms with Gasteiger partial charge in [0, 0.05) is 5.39 Å². The first-order chi connectivity index (χ1) is 16.2. The Bertz CT molecular complexity index is 1340. The Morgan fingerprint density at radius 2 is 1.56 bits per heavy atom. The first-order valence-corrected chi connectivity index (χ1v) is 12.8. The lowest BCUT2D eigenvalue weighted by atomic mass is 9.81. The molecule has 0 fully saturated rings. The van der Waals surface area contributed by atoms with Crippen molar-refractivity contribution < 1.29 is 32.0 Å². The molecule has 11 heteroatoms. The number of fused-ring (bicyclic) bond motifs is 1. The number of hydrogen-bond acceptors (Lipinski definition) is 6. The highest BCUT2D eigenvalue weighted by Crippen LogP contribution is 2.30. The Kier molecular flexibility index (Phi) is 8.22. The molecule has 0 saturated heterocycles. The van der Waals surface area contributed by atoms with Crippen molar-refractivity contribution in [3.63, 3.8) is 0 Å². The quantitative estimate of drug-likeness (QED) is 0.207. The molecule has 0 aliphatic carbocycles. The predicted octanol–water partition coefficient (Wildman–Crippen LogP) is 0.503. The fraction of sp³-hybridized carbons (Fsp3) is 0.217. The van der Waals surface area contributed by atoms with Crippen molar-refractivity contribution in [2.24, 2.45) is 0 Å². The maximum absolute atomic E-state index is 13.2. The summed E-state index contributed by atoms with van der Waals surface area (Å²) in [5.74, 6) is -1.59. The van der Waals surface area contributed by atoms with Crippen molar-refractivity contribution in [1.29, 1.82) is 0 Å². The Labute approximate surface area is 201 Å². The summed E-state index contributed by atoms with van der Waals surface area (Å²) in [6.07, 6.45) is 2.32. The predicted molar refractivity (Wildman–Crippen MR) is 139 cm³/mol. The molecule has 3 aromatic carbocycles. The molecular weight excluding hydrogens is 453 g/mol. The monoisotopic (exact) mass is 478 g/mol. The van der Waals surface area contributed by atoms with Crippen LogP contribution in [0.4, 0.5) is 0 Å². The number of rotatable bonds is 9. The molecule has 174 valence electrons. The van der Waals surface area contributed by atoms with E-state index in [1.807, 2.05) is 21.8 Å². The van der Waals surface area contributed by atoms with Gasteiger partial charge in [-0.05, 0) is 29.1 Å². The van der Waals surface area contributed by atoms with Crippen molar-refractivity contribution >= 4 is 56.4 Å². The molecule has 3 rings (SSSR count). The van der Waals surface area contributed by atoms with Gasteiger partial charge in [0.2, 0.25) is 0 Å². The number of benzene rings is 3. The van der Waals surface area contributed by atoms with Gasteiger partial charge in [-0.25, -0.2) is 9.59 Å². The molecule has 34 heavy (non-hydrogen) atoms. The van der Waals surface area contributed by atoms with Crippen molar-refractivity contribution in [1.82, 2.24) is 0 Å². The van der Waals surface area contributed by atoms with Crippen LogP contribution in [-0.2, 0) is 33.8 Å². The van der Waals surface area contributed by atoms with Gasteiger partial charge in [0.25, 0.3) is 10.1 Å².